The highest BCUT2D eigenvalue weighted by Crippen LogP contribution is 2.07. The first kappa shape index (κ1) is 10.5. The minimum absolute atomic E-state index is 0.0105. The molecule has 0 unspecified atom stereocenters. The molecule has 0 atom stereocenters. The van der Waals surface area contributed by atoms with Gasteiger partial charge in [0.25, 0.3) is 0 Å². The zero-order valence-corrected chi connectivity index (χ0v) is 8.36. The van der Waals surface area contributed by atoms with Crippen LogP contribution in [0.5, 0.6) is 0 Å². The Morgan fingerprint density at radius 3 is 2.57 bits per heavy atom. The molecule has 1 aromatic carbocycles. The number of hydrogen-bond acceptors (Lipinski definition) is 1. The maximum atomic E-state index is 11.4. The topological polar surface area (TPSA) is 17.1 Å². The molecule has 0 N–H and O–H groups in total. The van der Waals surface area contributed by atoms with Crippen LogP contribution in [-0.4, -0.2) is 5.78 Å². The van der Waals surface area contributed by atoms with Gasteiger partial charge in [0.05, 0.1) is 0 Å². The Bertz CT molecular complexity index is 347. The van der Waals surface area contributed by atoms with Crippen LogP contribution >= 0.6 is 0 Å². The second kappa shape index (κ2) is 5.18. The predicted octanol–water partition coefficient (Wildman–Crippen LogP) is 2.93. The Labute approximate surface area is 84.8 Å². The molecule has 0 spiro atoms. The van der Waals surface area contributed by atoms with Gasteiger partial charge >= 0.3 is 0 Å². The van der Waals surface area contributed by atoms with Crippen molar-refractivity contribution in [3.8, 4) is 0 Å². The van der Waals surface area contributed by atoms with E-state index in [9.17, 15) is 4.79 Å². The zero-order chi connectivity index (χ0) is 10.4. The van der Waals surface area contributed by atoms with Crippen molar-refractivity contribution in [2.75, 3.05) is 0 Å². The van der Waals surface area contributed by atoms with Crippen molar-refractivity contribution in [1.82, 2.24) is 0 Å². The number of carbonyl (C=O) groups is 1. The van der Waals surface area contributed by atoms with Crippen LogP contribution in [0.4, 0.5) is 0 Å². The van der Waals surface area contributed by atoms with E-state index in [1.54, 1.807) is 12.2 Å². The molecule has 1 heteroatoms. The second-order valence-corrected chi connectivity index (χ2v) is 3.13. The summed E-state index contributed by atoms with van der Waals surface area (Å²) in [4.78, 5) is 11.4. The Kier molecular flexibility index (Phi) is 3.86. The minimum Gasteiger partial charge on any atom is -0.290 e. The lowest BCUT2D eigenvalue weighted by Crippen LogP contribution is -2.00. The fourth-order valence-corrected chi connectivity index (χ4v) is 1.20. The van der Waals surface area contributed by atoms with Crippen molar-refractivity contribution in [3.05, 3.63) is 60.2 Å². The number of allylic oxidation sites excluding steroid dienone is 3. The largest absolute Gasteiger partial charge is 0.290 e. The van der Waals surface area contributed by atoms with E-state index in [2.05, 4.69) is 6.58 Å². The maximum absolute atomic E-state index is 11.4. The fraction of sp³-hybridized carbons (Fsp3) is 0.154. The van der Waals surface area contributed by atoms with Gasteiger partial charge in [-0.05, 0) is 24.1 Å². The van der Waals surface area contributed by atoms with E-state index in [1.165, 1.54) is 0 Å². The van der Waals surface area contributed by atoms with Crippen LogP contribution in [0.15, 0.2) is 54.6 Å². The molecule has 14 heavy (non-hydrogen) atoms. The highest BCUT2D eigenvalue weighted by molar-refractivity contribution is 6.03. The number of carbonyl (C=O) groups excluding carboxylic acids is 1. The van der Waals surface area contributed by atoms with E-state index in [0.717, 1.165) is 5.56 Å². The van der Waals surface area contributed by atoms with E-state index in [1.807, 2.05) is 37.3 Å². The normalized spacial score (nSPS) is 10.4. The van der Waals surface area contributed by atoms with Crippen molar-refractivity contribution >= 4 is 5.78 Å². The van der Waals surface area contributed by atoms with Crippen LogP contribution in [0.3, 0.4) is 0 Å². The molecule has 0 bridgehead atoms. The summed E-state index contributed by atoms with van der Waals surface area (Å²) in [6.07, 6.45) is 3.91. The molecule has 0 aliphatic rings. The van der Waals surface area contributed by atoms with Gasteiger partial charge in [0, 0.05) is 6.42 Å². The molecular weight excluding hydrogens is 172 g/mol. The molecule has 1 aromatic rings. The second-order valence-electron chi connectivity index (χ2n) is 3.13. The molecule has 0 aromatic heterocycles. The molecule has 0 fully saturated rings. The lowest BCUT2D eigenvalue weighted by atomic mass is 10.0. The number of rotatable bonds is 4. The average molecular weight is 186 g/mol. The van der Waals surface area contributed by atoms with Crippen molar-refractivity contribution in [1.29, 1.82) is 0 Å². The number of ketones is 1. The standard InChI is InChI=1S/C13H14O/c1-3-7-13(14)11(2)10-12-8-5-4-6-9-12/h3-9H,2,10H2,1H3/b7-3+. The molecule has 0 saturated carbocycles. The van der Waals surface area contributed by atoms with Crippen molar-refractivity contribution in [2.24, 2.45) is 0 Å². The monoisotopic (exact) mass is 186 g/mol. The predicted molar refractivity (Wildman–Crippen MR) is 59.1 cm³/mol. The van der Waals surface area contributed by atoms with Gasteiger partial charge in [0.1, 0.15) is 0 Å². The third-order valence-electron chi connectivity index (χ3n) is 1.93. The summed E-state index contributed by atoms with van der Waals surface area (Å²) < 4.78 is 0. The first-order chi connectivity index (χ1) is 6.74. The molecular formula is C13H14O. The summed E-state index contributed by atoms with van der Waals surface area (Å²) in [5, 5.41) is 0. The highest BCUT2D eigenvalue weighted by Gasteiger charge is 2.03. The zero-order valence-electron chi connectivity index (χ0n) is 8.36. The van der Waals surface area contributed by atoms with E-state index >= 15 is 0 Å². The summed E-state index contributed by atoms with van der Waals surface area (Å²) in [6.45, 7) is 5.59. The lowest BCUT2D eigenvalue weighted by molar-refractivity contribution is -0.111. The third kappa shape index (κ3) is 3.02. The lowest BCUT2D eigenvalue weighted by Gasteiger charge is -2.01. The summed E-state index contributed by atoms with van der Waals surface area (Å²) >= 11 is 0. The van der Waals surface area contributed by atoms with E-state index < -0.39 is 0 Å². The van der Waals surface area contributed by atoms with E-state index in [0.29, 0.717) is 12.0 Å². The molecule has 0 aliphatic carbocycles. The van der Waals surface area contributed by atoms with Gasteiger partial charge in [-0.3, -0.25) is 4.79 Å². The van der Waals surface area contributed by atoms with Crippen LogP contribution in [-0.2, 0) is 11.2 Å². The van der Waals surface area contributed by atoms with Crippen molar-refractivity contribution in [2.45, 2.75) is 13.3 Å². The summed E-state index contributed by atoms with van der Waals surface area (Å²) in [5.74, 6) is 0.0105. The molecule has 0 heterocycles. The third-order valence-corrected chi connectivity index (χ3v) is 1.93. The molecule has 0 saturated heterocycles. The summed E-state index contributed by atoms with van der Waals surface area (Å²) in [5.41, 5.74) is 1.75. The van der Waals surface area contributed by atoms with Gasteiger partial charge in [0.15, 0.2) is 5.78 Å². The number of hydrogen-bond donors (Lipinski definition) is 0. The van der Waals surface area contributed by atoms with Crippen LogP contribution in [0.1, 0.15) is 12.5 Å². The summed E-state index contributed by atoms with van der Waals surface area (Å²) in [6, 6.07) is 9.87. The Morgan fingerprint density at radius 2 is 2.00 bits per heavy atom. The first-order valence-corrected chi connectivity index (χ1v) is 4.62. The van der Waals surface area contributed by atoms with Crippen molar-refractivity contribution < 1.29 is 4.79 Å². The van der Waals surface area contributed by atoms with Gasteiger partial charge in [-0.1, -0.05) is 43.0 Å². The first-order valence-electron chi connectivity index (χ1n) is 4.62. The maximum Gasteiger partial charge on any atom is 0.181 e. The smallest absolute Gasteiger partial charge is 0.181 e. The molecule has 0 amide bonds. The van der Waals surface area contributed by atoms with Gasteiger partial charge in [-0.2, -0.15) is 0 Å². The van der Waals surface area contributed by atoms with Crippen LogP contribution in [0.2, 0.25) is 0 Å². The highest BCUT2D eigenvalue weighted by atomic mass is 16.1. The van der Waals surface area contributed by atoms with E-state index in [-0.39, 0.29) is 5.78 Å². The van der Waals surface area contributed by atoms with Crippen molar-refractivity contribution in [3.63, 3.8) is 0 Å². The molecule has 72 valence electrons. The molecule has 0 radical (unpaired) electrons. The van der Waals surface area contributed by atoms with Gasteiger partial charge in [0.2, 0.25) is 0 Å². The quantitative estimate of drug-likeness (QED) is 0.661. The summed E-state index contributed by atoms with van der Waals surface area (Å²) in [7, 11) is 0. The van der Waals surface area contributed by atoms with Crippen LogP contribution in [0.25, 0.3) is 0 Å². The van der Waals surface area contributed by atoms with E-state index in [4.69, 9.17) is 0 Å². The molecule has 1 rings (SSSR count). The van der Waals surface area contributed by atoms with Crippen LogP contribution < -0.4 is 0 Å². The molecule has 1 nitrogen and oxygen atoms in total. The average Bonchev–Trinajstić information content (AvgIpc) is 2.19. The Morgan fingerprint density at radius 1 is 1.36 bits per heavy atom. The SMILES string of the molecule is C=C(Cc1ccccc1)C(=O)/C=C/C. The van der Waals surface area contributed by atoms with Crippen LogP contribution in [0, 0.1) is 0 Å². The van der Waals surface area contributed by atoms with Gasteiger partial charge < -0.3 is 0 Å². The minimum atomic E-state index is 0.0105. The van der Waals surface area contributed by atoms with Gasteiger partial charge in [-0.15, -0.1) is 0 Å². The Balaban J connectivity index is 2.62. The Hall–Kier alpha value is -1.63. The molecule has 0 aliphatic heterocycles. The fourth-order valence-electron chi connectivity index (χ4n) is 1.20. The van der Waals surface area contributed by atoms with Gasteiger partial charge in [-0.25, -0.2) is 0 Å². The number of benzene rings is 1.